The van der Waals surface area contributed by atoms with E-state index in [2.05, 4.69) is 60.0 Å². The number of rotatable bonds is 8. The summed E-state index contributed by atoms with van der Waals surface area (Å²) in [7, 11) is 2.07. The second-order valence-corrected chi connectivity index (χ2v) is 5.84. The molecule has 0 aliphatic heterocycles. The standard InChI is InChI=1S/C18H27N3/c1-4-10-19-17(8-9-18-20-11-12-21(18)3)14-16-7-5-6-15(2)13-16/h5-7,11-13,17,19H,4,8-10,14H2,1-3H3. The van der Waals surface area contributed by atoms with Crippen LogP contribution >= 0.6 is 0 Å². The molecule has 21 heavy (non-hydrogen) atoms. The highest BCUT2D eigenvalue weighted by Crippen LogP contribution is 2.11. The lowest BCUT2D eigenvalue weighted by Gasteiger charge is -2.19. The van der Waals surface area contributed by atoms with Gasteiger partial charge in [0, 0.05) is 31.9 Å². The molecular formula is C18H27N3. The Morgan fingerprint density at radius 3 is 2.86 bits per heavy atom. The van der Waals surface area contributed by atoms with Crippen LogP contribution in [0, 0.1) is 6.92 Å². The predicted octanol–water partition coefficient (Wildman–Crippen LogP) is 3.27. The van der Waals surface area contributed by atoms with Gasteiger partial charge in [0.15, 0.2) is 0 Å². The van der Waals surface area contributed by atoms with E-state index in [4.69, 9.17) is 0 Å². The number of aryl methyl sites for hydroxylation is 3. The molecule has 114 valence electrons. The van der Waals surface area contributed by atoms with Gasteiger partial charge in [0.05, 0.1) is 0 Å². The molecule has 2 aromatic rings. The molecule has 0 spiro atoms. The summed E-state index contributed by atoms with van der Waals surface area (Å²) in [6, 6.07) is 9.35. The van der Waals surface area contributed by atoms with Crippen LogP contribution in [-0.4, -0.2) is 22.1 Å². The van der Waals surface area contributed by atoms with Gasteiger partial charge in [-0.25, -0.2) is 4.98 Å². The van der Waals surface area contributed by atoms with Crippen molar-refractivity contribution in [2.75, 3.05) is 6.54 Å². The van der Waals surface area contributed by atoms with E-state index in [1.807, 2.05) is 12.4 Å². The van der Waals surface area contributed by atoms with Crippen LogP contribution in [0.5, 0.6) is 0 Å². The van der Waals surface area contributed by atoms with Gasteiger partial charge >= 0.3 is 0 Å². The molecule has 3 nitrogen and oxygen atoms in total. The Labute approximate surface area is 128 Å². The highest BCUT2D eigenvalue weighted by atomic mass is 15.0. The van der Waals surface area contributed by atoms with E-state index in [0.717, 1.165) is 25.8 Å². The average Bonchev–Trinajstić information content (AvgIpc) is 2.87. The quantitative estimate of drug-likeness (QED) is 0.806. The molecule has 3 heteroatoms. The molecule has 1 heterocycles. The number of nitrogens with zero attached hydrogens (tertiary/aromatic N) is 2. The topological polar surface area (TPSA) is 29.9 Å². The fraction of sp³-hybridized carbons (Fsp3) is 0.500. The van der Waals surface area contributed by atoms with Crippen LogP contribution in [0.15, 0.2) is 36.7 Å². The van der Waals surface area contributed by atoms with E-state index >= 15 is 0 Å². The SMILES string of the molecule is CCCNC(CCc1nccn1C)Cc1cccc(C)c1. The largest absolute Gasteiger partial charge is 0.338 e. The molecule has 1 N–H and O–H groups in total. The molecule has 2 rings (SSSR count). The summed E-state index contributed by atoms with van der Waals surface area (Å²) >= 11 is 0. The van der Waals surface area contributed by atoms with Crippen molar-refractivity contribution < 1.29 is 0 Å². The second-order valence-electron chi connectivity index (χ2n) is 5.84. The molecule has 0 radical (unpaired) electrons. The van der Waals surface area contributed by atoms with Gasteiger partial charge in [0.25, 0.3) is 0 Å². The van der Waals surface area contributed by atoms with Crippen LogP contribution in [0.1, 0.15) is 36.7 Å². The first kappa shape index (κ1) is 15.8. The van der Waals surface area contributed by atoms with Crippen molar-refractivity contribution in [2.24, 2.45) is 7.05 Å². The van der Waals surface area contributed by atoms with Gasteiger partial charge in [-0.3, -0.25) is 0 Å². The summed E-state index contributed by atoms with van der Waals surface area (Å²) < 4.78 is 2.11. The maximum absolute atomic E-state index is 4.42. The van der Waals surface area contributed by atoms with Gasteiger partial charge in [-0.1, -0.05) is 36.8 Å². The Kier molecular flexibility index (Phi) is 6.00. The Morgan fingerprint density at radius 1 is 1.33 bits per heavy atom. The summed E-state index contributed by atoms with van der Waals surface area (Å²) in [5.41, 5.74) is 2.76. The molecule has 1 unspecified atom stereocenters. The third-order valence-corrected chi connectivity index (χ3v) is 3.88. The monoisotopic (exact) mass is 285 g/mol. The average molecular weight is 285 g/mol. The van der Waals surface area contributed by atoms with E-state index in [1.165, 1.54) is 23.4 Å². The normalized spacial score (nSPS) is 12.5. The van der Waals surface area contributed by atoms with Crippen molar-refractivity contribution >= 4 is 0 Å². The molecule has 0 saturated heterocycles. The molecule has 0 amide bonds. The molecule has 1 aromatic carbocycles. The minimum absolute atomic E-state index is 0.517. The summed E-state index contributed by atoms with van der Waals surface area (Å²) in [5, 5.41) is 3.68. The van der Waals surface area contributed by atoms with Gasteiger partial charge in [-0.15, -0.1) is 0 Å². The van der Waals surface area contributed by atoms with Gasteiger partial charge in [-0.2, -0.15) is 0 Å². The first-order valence-electron chi connectivity index (χ1n) is 7.94. The van der Waals surface area contributed by atoms with Gasteiger partial charge in [0.1, 0.15) is 5.82 Å². The number of imidazole rings is 1. The van der Waals surface area contributed by atoms with E-state index in [-0.39, 0.29) is 0 Å². The fourth-order valence-corrected chi connectivity index (χ4v) is 2.69. The zero-order valence-electron chi connectivity index (χ0n) is 13.5. The Bertz CT molecular complexity index is 545. The van der Waals surface area contributed by atoms with Crippen LogP contribution in [0.25, 0.3) is 0 Å². The third kappa shape index (κ3) is 5.01. The maximum Gasteiger partial charge on any atom is 0.108 e. The number of nitrogens with one attached hydrogen (secondary N) is 1. The molecule has 1 atom stereocenters. The summed E-state index contributed by atoms with van der Waals surface area (Å²) in [5.74, 6) is 1.17. The van der Waals surface area contributed by atoms with Crippen molar-refractivity contribution in [3.8, 4) is 0 Å². The Hall–Kier alpha value is -1.61. The van der Waals surface area contributed by atoms with Crippen molar-refractivity contribution in [2.45, 2.75) is 45.6 Å². The van der Waals surface area contributed by atoms with Gasteiger partial charge < -0.3 is 9.88 Å². The first-order chi connectivity index (χ1) is 10.2. The molecule has 0 saturated carbocycles. The van der Waals surface area contributed by atoms with Crippen molar-refractivity contribution in [1.29, 1.82) is 0 Å². The zero-order valence-corrected chi connectivity index (χ0v) is 13.5. The molecule has 1 aromatic heterocycles. The van der Waals surface area contributed by atoms with Crippen LogP contribution in [0.2, 0.25) is 0 Å². The van der Waals surface area contributed by atoms with E-state index in [9.17, 15) is 0 Å². The van der Waals surface area contributed by atoms with Crippen molar-refractivity contribution in [3.05, 3.63) is 53.6 Å². The zero-order chi connectivity index (χ0) is 15.1. The van der Waals surface area contributed by atoms with E-state index < -0.39 is 0 Å². The molecule has 0 aliphatic rings. The van der Waals surface area contributed by atoms with E-state index in [0.29, 0.717) is 6.04 Å². The number of hydrogen-bond acceptors (Lipinski definition) is 2. The Balaban J connectivity index is 1.95. The lowest BCUT2D eigenvalue weighted by molar-refractivity contribution is 0.471. The minimum atomic E-state index is 0.517. The summed E-state index contributed by atoms with van der Waals surface area (Å²) in [6.45, 7) is 5.46. The Morgan fingerprint density at radius 2 is 2.19 bits per heavy atom. The second kappa shape index (κ2) is 7.99. The van der Waals surface area contributed by atoms with Crippen LogP contribution in [0.4, 0.5) is 0 Å². The van der Waals surface area contributed by atoms with Crippen LogP contribution < -0.4 is 5.32 Å². The molecule has 0 bridgehead atoms. The molecule has 0 fully saturated rings. The first-order valence-corrected chi connectivity index (χ1v) is 7.94. The van der Waals surface area contributed by atoms with E-state index in [1.54, 1.807) is 0 Å². The van der Waals surface area contributed by atoms with Crippen LogP contribution in [-0.2, 0) is 19.9 Å². The van der Waals surface area contributed by atoms with Gasteiger partial charge in [-0.05, 0) is 38.3 Å². The fourth-order valence-electron chi connectivity index (χ4n) is 2.69. The van der Waals surface area contributed by atoms with Crippen molar-refractivity contribution in [1.82, 2.24) is 14.9 Å². The van der Waals surface area contributed by atoms with Crippen LogP contribution in [0.3, 0.4) is 0 Å². The number of aromatic nitrogens is 2. The molecule has 0 aliphatic carbocycles. The highest BCUT2D eigenvalue weighted by molar-refractivity contribution is 5.23. The van der Waals surface area contributed by atoms with Gasteiger partial charge in [0.2, 0.25) is 0 Å². The van der Waals surface area contributed by atoms with Crippen molar-refractivity contribution in [3.63, 3.8) is 0 Å². The lowest BCUT2D eigenvalue weighted by Crippen LogP contribution is -2.32. The number of hydrogen-bond donors (Lipinski definition) is 1. The third-order valence-electron chi connectivity index (χ3n) is 3.88. The summed E-state index contributed by atoms with van der Waals surface area (Å²) in [4.78, 5) is 4.42. The lowest BCUT2D eigenvalue weighted by atomic mass is 10.00. The predicted molar refractivity (Wildman–Crippen MR) is 88.5 cm³/mol. The number of benzene rings is 1. The molecular weight excluding hydrogens is 258 g/mol. The smallest absolute Gasteiger partial charge is 0.108 e. The summed E-state index contributed by atoms with van der Waals surface area (Å²) in [6.07, 6.45) is 8.31. The maximum atomic E-state index is 4.42. The highest BCUT2D eigenvalue weighted by Gasteiger charge is 2.11. The minimum Gasteiger partial charge on any atom is -0.338 e.